The number of benzene rings is 2. The fraction of sp³-hybridized carbons (Fsp3) is 0.350. The van der Waals surface area contributed by atoms with E-state index in [0.29, 0.717) is 19.5 Å². The Bertz CT molecular complexity index is 781. The molecule has 2 aromatic rings. The Balaban J connectivity index is 1.63. The molecule has 0 spiro atoms. The van der Waals surface area contributed by atoms with Crippen molar-refractivity contribution in [2.24, 2.45) is 0 Å². The van der Waals surface area contributed by atoms with Crippen molar-refractivity contribution >= 4 is 15.7 Å². The lowest BCUT2D eigenvalue weighted by Crippen LogP contribution is -2.42. The summed E-state index contributed by atoms with van der Waals surface area (Å²) in [6, 6.07) is 19.8. The Morgan fingerprint density at radius 2 is 1.50 bits per heavy atom. The van der Waals surface area contributed by atoms with E-state index < -0.39 is 9.84 Å². The number of carbonyl (C=O) groups excluding carboxylic acids is 1. The maximum absolute atomic E-state index is 12.5. The van der Waals surface area contributed by atoms with Gasteiger partial charge >= 0.3 is 0 Å². The summed E-state index contributed by atoms with van der Waals surface area (Å²) in [5.74, 6) is 0.0881. The zero-order chi connectivity index (χ0) is 18.4. The predicted octanol–water partition coefficient (Wildman–Crippen LogP) is 1.99. The van der Waals surface area contributed by atoms with Crippen LogP contribution in [0.5, 0.6) is 0 Å². The van der Waals surface area contributed by atoms with Crippen molar-refractivity contribution in [3.05, 3.63) is 71.8 Å². The summed E-state index contributed by atoms with van der Waals surface area (Å²) >= 11 is 0. The number of carbonyl (C=O) groups is 1. The summed E-state index contributed by atoms with van der Waals surface area (Å²) in [6.45, 7) is 1.55. The van der Waals surface area contributed by atoms with E-state index in [0.717, 1.165) is 11.1 Å². The Morgan fingerprint density at radius 3 is 1.96 bits per heavy atom. The van der Waals surface area contributed by atoms with E-state index >= 15 is 0 Å². The van der Waals surface area contributed by atoms with Crippen LogP contribution in [-0.4, -0.2) is 43.3 Å². The van der Waals surface area contributed by atoms with Gasteiger partial charge in [-0.15, -0.1) is 0 Å². The molecule has 1 heterocycles. The third-order valence-electron chi connectivity index (χ3n) is 4.46. The molecule has 2 aromatic carbocycles. The number of nitrogens with zero attached hydrogens (tertiary/aromatic N) is 1. The zero-order valence-electron chi connectivity index (χ0n) is 14.7. The minimum atomic E-state index is -2.99. The smallest absolute Gasteiger partial charge is 0.234 e. The molecule has 1 atom stereocenters. The van der Waals surface area contributed by atoms with Crippen LogP contribution >= 0.6 is 0 Å². The van der Waals surface area contributed by atoms with Crippen molar-refractivity contribution in [3.63, 3.8) is 0 Å². The standard InChI is InChI=1S/C20H24N2O3S/c23-20(21-19-11-12-26(24,25)16-19)15-22(13-17-7-3-1-4-8-17)14-18-9-5-2-6-10-18/h1-10,19H,11-16H2,(H,21,23). The number of hydrogen-bond donors (Lipinski definition) is 1. The van der Waals surface area contributed by atoms with Gasteiger partial charge in [0, 0.05) is 19.1 Å². The van der Waals surface area contributed by atoms with Crippen LogP contribution in [0, 0.1) is 0 Å². The maximum atomic E-state index is 12.5. The van der Waals surface area contributed by atoms with E-state index in [1.165, 1.54) is 0 Å². The lowest BCUT2D eigenvalue weighted by molar-refractivity contribution is -0.123. The summed E-state index contributed by atoms with van der Waals surface area (Å²) in [5.41, 5.74) is 2.28. The van der Waals surface area contributed by atoms with Gasteiger partial charge in [0.15, 0.2) is 9.84 Å². The molecular formula is C20H24N2O3S. The first-order chi connectivity index (χ1) is 12.5. The van der Waals surface area contributed by atoms with Gasteiger partial charge in [0.25, 0.3) is 0 Å². The molecule has 1 saturated heterocycles. The van der Waals surface area contributed by atoms with Crippen LogP contribution in [0.3, 0.4) is 0 Å². The van der Waals surface area contributed by atoms with Crippen molar-refractivity contribution in [2.45, 2.75) is 25.6 Å². The molecule has 1 aliphatic rings. The fourth-order valence-corrected chi connectivity index (χ4v) is 4.91. The molecule has 0 aromatic heterocycles. The Labute approximate surface area is 154 Å². The van der Waals surface area contributed by atoms with Gasteiger partial charge in [0.05, 0.1) is 18.1 Å². The Kier molecular flexibility index (Phi) is 6.06. The molecule has 0 saturated carbocycles. The lowest BCUT2D eigenvalue weighted by Gasteiger charge is -2.23. The molecule has 1 unspecified atom stereocenters. The van der Waals surface area contributed by atoms with E-state index in [1.54, 1.807) is 0 Å². The third kappa shape index (κ3) is 5.68. The highest BCUT2D eigenvalue weighted by Crippen LogP contribution is 2.13. The van der Waals surface area contributed by atoms with E-state index in [9.17, 15) is 13.2 Å². The van der Waals surface area contributed by atoms with Crippen molar-refractivity contribution < 1.29 is 13.2 Å². The number of hydrogen-bond acceptors (Lipinski definition) is 4. The van der Waals surface area contributed by atoms with Gasteiger partial charge in [0.2, 0.25) is 5.91 Å². The van der Waals surface area contributed by atoms with Crippen LogP contribution in [0.25, 0.3) is 0 Å². The summed E-state index contributed by atoms with van der Waals surface area (Å²) in [6.07, 6.45) is 0.505. The Hall–Kier alpha value is -2.18. The van der Waals surface area contributed by atoms with Crippen LogP contribution in [0.1, 0.15) is 17.5 Å². The van der Waals surface area contributed by atoms with Gasteiger partial charge in [-0.25, -0.2) is 8.42 Å². The third-order valence-corrected chi connectivity index (χ3v) is 6.23. The molecule has 138 valence electrons. The highest BCUT2D eigenvalue weighted by atomic mass is 32.2. The molecule has 5 nitrogen and oxygen atoms in total. The molecule has 6 heteroatoms. The highest BCUT2D eigenvalue weighted by Gasteiger charge is 2.29. The highest BCUT2D eigenvalue weighted by molar-refractivity contribution is 7.91. The van der Waals surface area contributed by atoms with Crippen molar-refractivity contribution in [1.82, 2.24) is 10.2 Å². The van der Waals surface area contributed by atoms with Crippen LogP contribution < -0.4 is 5.32 Å². The molecule has 1 aliphatic heterocycles. The molecule has 3 rings (SSSR count). The molecule has 0 bridgehead atoms. The summed E-state index contributed by atoms with van der Waals surface area (Å²) in [4.78, 5) is 14.5. The lowest BCUT2D eigenvalue weighted by atomic mass is 10.1. The molecular weight excluding hydrogens is 348 g/mol. The molecule has 1 fully saturated rings. The monoisotopic (exact) mass is 372 g/mol. The number of amides is 1. The average Bonchev–Trinajstić information content (AvgIpc) is 2.95. The summed E-state index contributed by atoms with van der Waals surface area (Å²) in [7, 11) is -2.99. The van der Waals surface area contributed by atoms with Gasteiger partial charge in [-0.05, 0) is 17.5 Å². The predicted molar refractivity (Wildman–Crippen MR) is 102 cm³/mol. The average molecular weight is 372 g/mol. The van der Waals surface area contributed by atoms with Crippen LogP contribution in [0.2, 0.25) is 0 Å². The first-order valence-electron chi connectivity index (χ1n) is 8.80. The largest absolute Gasteiger partial charge is 0.351 e. The van der Waals surface area contributed by atoms with E-state index in [1.807, 2.05) is 60.7 Å². The van der Waals surface area contributed by atoms with Gasteiger partial charge < -0.3 is 5.32 Å². The topological polar surface area (TPSA) is 66.5 Å². The minimum Gasteiger partial charge on any atom is -0.351 e. The van der Waals surface area contributed by atoms with E-state index in [4.69, 9.17) is 0 Å². The number of rotatable bonds is 7. The Morgan fingerprint density at radius 1 is 0.962 bits per heavy atom. The molecule has 1 amide bonds. The number of nitrogens with one attached hydrogen (secondary N) is 1. The van der Waals surface area contributed by atoms with E-state index in [2.05, 4.69) is 10.2 Å². The zero-order valence-corrected chi connectivity index (χ0v) is 15.5. The second-order valence-corrected chi connectivity index (χ2v) is 9.01. The maximum Gasteiger partial charge on any atom is 0.234 e. The molecule has 26 heavy (non-hydrogen) atoms. The number of sulfone groups is 1. The SMILES string of the molecule is O=C(CN(Cc1ccccc1)Cc1ccccc1)NC1CCS(=O)(=O)C1. The molecule has 0 radical (unpaired) electrons. The van der Waals surface area contributed by atoms with Crippen molar-refractivity contribution in [1.29, 1.82) is 0 Å². The van der Waals surface area contributed by atoms with Crippen molar-refractivity contribution in [2.75, 3.05) is 18.1 Å². The molecule has 0 aliphatic carbocycles. The van der Waals surface area contributed by atoms with Crippen LogP contribution in [0.15, 0.2) is 60.7 Å². The van der Waals surface area contributed by atoms with Gasteiger partial charge in [-0.1, -0.05) is 60.7 Å². The van der Waals surface area contributed by atoms with Gasteiger partial charge in [-0.3, -0.25) is 9.69 Å². The normalized spacial score (nSPS) is 18.7. The summed E-state index contributed by atoms with van der Waals surface area (Å²) < 4.78 is 23.1. The quantitative estimate of drug-likeness (QED) is 0.807. The van der Waals surface area contributed by atoms with Gasteiger partial charge in [-0.2, -0.15) is 0 Å². The van der Waals surface area contributed by atoms with Gasteiger partial charge in [0.1, 0.15) is 0 Å². The first kappa shape index (κ1) is 18.6. The minimum absolute atomic E-state index is 0.0517. The second-order valence-electron chi connectivity index (χ2n) is 6.78. The summed E-state index contributed by atoms with van der Waals surface area (Å²) in [5, 5.41) is 2.88. The second kappa shape index (κ2) is 8.47. The molecule has 1 N–H and O–H groups in total. The van der Waals surface area contributed by atoms with Crippen LogP contribution in [-0.2, 0) is 27.7 Å². The first-order valence-corrected chi connectivity index (χ1v) is 10.6. The fourth-order valence-electron chi connectivity index (χ4n) is 3.24. The van der Waals surface area contributed by atoms with Crippen LogP contribution in [0.4, 0.5) is 0 Å². The van der Waals surface area contributed by atoms with Crippen molar-refractivity contribution in [3.8, 4) is 0 Å². The van der Waals surface area contributed by atoms with E-state index in [-0.39, 0.29) is 30.0 Å².